The van der Waals surface area contributed by atoms with E-state index in [0.717, 1.165) is 25.7 Å². The smallest absolute Gasteiger partial charge is 0.266 e. The summed E-state index contributed by atoms with van der Waals surface area (Å²) in [4.78, 5) is 34.3. The minimum absolute atomic E-state index is 0.0902. The molecule has 0 radical (unpaired) electrons. The minimum atomic E-state index is -0.420. The molecule has 0 fully saturated rings. The van der Waals surface area contributed by atoms with Crippen molar-refractivity contribution in [1.29, 1.82) is 0 Å². The van der Waals surface area contributed by atoms with E-state index in [1.54, 1.807) is 22.8 Å². The summed E-state index contributed by atoms with van der Waals surface area (Å²) in [6.07, 6.45) is 4.67. The number of benzene rings is 3. The third kappa shape index (κ3) is 6.43. The Morgan fingerprint density at radius 2 is 1.66 bits per heavy atom. The van der Waals surface area contributed by atoms with E-state index in [-0.39, 0.29) is 18.1 Å². The van der Waals surface area contributed by atoms with Crippen LogP contribution in [0.4, 0.5) is 0 Å². The van der Waals surface area contributed by atoms with Crippen LogP contribution in [0.3, 0.4) is 0 Å². The molecule has 0 aliphatic rings. The Bertz CT molecular complexity index is 1400. The predicted molar refractivity (Wildman–Crippen MR) is 153 cm³/mol. The number of carbonyl (C=O) groups excluding carboxylic acids is 1. The first kappa shape index (κ1) is 27.4. The minimum Gasteiger partial charge on any atom is -0.484 e. The van der Waals surface area contributed by atoms with Gasteiger partial charge in [0, 0.05) is 11.6 Å². The molecule has 0 N–H and O–H groups in total. The van der Waals surface area contributed by atoms with Gasteiger partial charge in [-0.2, -0.15) is 0 Å². The molecule has 6 nitrogen and oxygen atoms in total. The lowest BCUT2D eigenvalue weighted by atomic mass is 10.1. The number of para-hydroxylation sites is 2. The summed E-state index contributed by atoms with van der Waals surface area (Å²) in [6, 6.07) is 23.3. The second kappa shape index (κ2) is 13.2. The number of fused-ring (bicyclic) bond motifs is 1. The normalized spacial score (nSPS) is 11.9. The fourth-order valence-electron chi connectivity index (χ4n) is 4.66. The molecular weight excluding hydrogens is 498 g/mol. The number of rotatable bonds is 12. The zero-order valence-corrected chi connectivity index (χ0v) is 22.7. The molecular formula is C31H34ClN3O3. The van der Waals surface area contributed by atoms with Crippen LogP contribution in [0.1, 0.15) is 57.8 Å². The Balaban J connectivity index is 1.78. The number of halogens is 1. The molecule has 0 spiro atoms. The lowest BCUT2D eigenvalue weighted by molar-refractivity contribution is -0.136. The summed E-state index contributed by atoms with van der Waals surface area (Å²) in [7, 11) is 0. The summed E-state index contributed by atoms with van der Waals surface area (Å²) in [5.41, 5.74) is 1.09. The van der Waals surface area contributed by atoms with Crippen LogP contribution in [0.25, 0.3) is 16.6 Å². The number of amides is 1. The molecule has 198 valence electrons. The molecule has 0 bridgehead atoms. The van der Waals surface area contributed by atoms with Crippen molar-refractivity contribution in [3.8, 4) is 11.4 Å². The summed E-state index contributed by atoms with van der Waals surface area (Å²) in [6.45, 7) is 4.64. The highest BCUT2D eigenvalue weighted by molar-refractivity contribution is 6.30. The fourth-order valence-corrected chi connectivity index (χ4v) is 4.79. The van der Waals surface area contributed by atoms with Crippen LogP contribution in [0.5, 0.6) is 5.75 Å². The molecule has 0 aliphatic heterocycles. The third-order valence-electron chi connectivity index (χ3n) is 6.63. The lowest BCUT2D eigenvalue weighted by Crippen LogP contribution is -2.41. The van der Waals surface area contributed by atoms with Gasteiger partial charge in [-0.25, -0.2) is 4.98 Å². The SMILES string of the molecule is CCCCCCN(C(=O)COc1ccccc1)C(CC)c1nc2ccccc2c(=O)n1-c1ccc(Cl)cc1. The highest BCUT2D eigenvalue weighted by Gasteiger charge is 2.29. The van der Waals surface area contributed by atoms with Crippen LogP contribution in [0.2, 0.25) is 5.02 Å². The average molecular weight is 532 g/mol. The Kier molecular flexibility index (Phi) is 9.55. The van der Waals surface area contributed by atoms with Gasteiger partial charge in [-0.3, -0.25) is 14.2 Å². The molecule has 1 unspecified atom stereocenters. The fraction of sp³-hybridized carbons (Fsp3) is 0.323. The Labute approximate surface area is 228 Å². The molecule has 0 aliphatic carbocycles. The van der Waals surface area contributed by atoms with Crippen molar-refractivity contribution in [2.75, 3.05) is 13.2 Å². The first-order valence-electron chi connectivity index (χ1n) is 13.3. The van der Waals surface area contributed by atoms with E-state index >= 15 is 0 Å². The Hall–Kier alpha value is -3.64. The van der Waals surface area contributed by atoms with Gasteiger partial charge >= 0.3 is 0 Å². The van der Waals surface area contributed by atoms with Crippen LogP contribution in [-0.2, 0) is 4.79 Å². The molecule has 38 heavy (non-hydrogen) atoms. The molecule has 1 atom stereocenters. The molecule has 4 aromatic rings. The van der Waals surface area contributed by atoms with E-state index < -0.39 is 6.04 Å². The first-order chi connectivity index (χ1) is 18.5. The number of carbonyl (C=O) groups is 1. The van der Waals surface area contributed by atoms with E-state index in [1.807, 2.05) is 72.5 Å². The van der Waals surface area contributed by atoms with Gasteiger partial charge in [0.05, 0.1) is 22.6 Å². The molecule has 1 amide bonds. The maximum absolute atomic E-state index is 13.8. The zero-order chi connectivity index (χ0) is 26.9. The summed E-state index contributed by atoms with van der Waals surface area (Å²) >= 11 is 6.15. The number of ether oxygens (including phenoxy) is 1. The molecule has 1 aromatic heterocycles. The van der Waals surface area contributed by atoms with Crippen molar-refractivity contribution < 1.29 is 9.53 Å². The van der Waals surface area contributed by atoms with Crippen LogP contribution >= 0.6 is 11.6 Å². The molecule has 0 saturated heterocycles. The van der Waals surface area contributed by atoms with Crippen molar-refractivity contribution in [3.63, 3.8) is 0 Å². The number of hydrogen-bond acceptors (Lipinski definition) is 4. The van der Waals surface area contributed by atoms with E-state index in [0.29, 0.717) is 46.2 Å². The quantitative estimate of drug-likeness (QED) is 0.185. The summed E-state index contributed by atoms with van der Waals surface area (Å²) in [5, 5.41) is 1.10. The highest BCUT2D eigenvalue weighted by Crippen LogP contribution is 2.27. The van der Waals surface area contributed by atoms with Crippen LogP contribution in [-0.4, -0.2) is 33.5 Å². The van der Waals surface area contributed by atoms with Crippen molar-refractivity contribution >= 4 is 28.4 Å². The number of nitrogens with zero attached hydrogens (tertiary/aromatic N) is 3. The van der Waals surface area contributed by atoms with Crippen LogP contribution in [0.15, 0.2) is 83.7 Å². The first-order valence-corrected chi connectivity index (χ1v) is 13.7. The van der Waals surface area contributed by atoms with Crippen molar-refractivity contribution in [3.05, 3.63) is 100 Å². The van der Waals surface area contributed by atoms with E-state index in [1.165, 1.54) is 0 Å². The lowest BCUT2D eigenvalue weighted by Gasteiger charge is -2.32. The number of hydrogen-bond donors (Lipinski definition) is 0. The van der Waals surface area contributed by atoms with Gasteiger partial charge in [-0.15, -0.1) is 0 Å². The van der Waals surface area contributed by atoms with Gasteiger partial charge in [0.2, 0.25) is 0 Å². The van der Waals surface area contributed by atoms with Gasteiger partial charge in [-0.1, -0.05) is 75.0 Å². The maximum atomic E-state index is 13.8. The van der Waals surface area contributed by atoms with E-state index in [4.69, 9.17) is 21.3 Å². The van der Waals surface area contributed by atoms with E-state index in [2.05, 4.69) is 6.92 Å². The topological polar surface area (TPSA) is 64.4 Å². The van der Waals surface area contributed by atoms with Gasteiger partial charge in [-0.05, 0) is 61.4 Å². The molecule has 3 aromatic carbocycles. The summed E-state index contributed by atoms with van der Waals surface area (Å²) < 4.78 is 7.46. The average Bonchev–Trinajstić information content (AvgIpc) is 2.95. The molecule has 1 heterocycles. The largest absolute Gasteiger partial charge is 0.484 e. The number of aromatic nitrogens is 2. The van der Waals surface area contributed by atoms with Crippen LogP contribution < -0.4 is 10.3 Å². The molecule has 0 saturated carbocycles. The van der Waals surface area contributed by atoms with Crippen molar-refractivity contribution in [2.45, 2.75) is 52.0 Å². The van der Waals surface area contributed by atoms with Gasteiger partial charge < -0.3 is 9.64 Å². The third-order valence-corrected chi connectivity index (χ3v) is 6.88. The number of unbranched alkanes of at least 4 members (excludes halogenated alkanes) is 3. The van der Waals surface area contributed by atoms with E-state index in [9.17, 15) is 9.59 Å². The highest BCUT2D eigenvalue weighted by atomic mass is 35.5. The Morgan fingerprint density at radius 3 is 2.37 bits per heavy atom. The van der Waals surface area contributed by atoms with Crippen molar-refractivity contribution in [2.24, 2.45) is 0 Å². The van der Waals surface area contributed by atoms with Gasteiger partial charge in [0.1, 0.15) is 11.6 Å². The zero-order valence-electron chi connectivity index (χ0n) is 22.0. The van der Waals surface area contributed by atoms with Gasteiger partial charge in [0.15, 0.2) is 6.61 Å². The second-order valence-corrected chi connectivity index (χ2v) is 9.71. The predicted octanol–water partition coefficient (Wildman–Crippen LogP) is 6.98. The Morgan fingerprint density at radius 1 is 0.947 bits per heavy atom. The van der Waals surface area contributed by atoms with Crippen LogP contribution in [0, 0.1) is 0 Å². The monoisotopic (exact) mass is 531 g/mol. The molecule has 7 heteroatoms. The second-order valence-electron chi connectivity index (χ2n) is 9.28. The van der Waals surface area contributed by atoms with Crippen molar-refractivity contribution in [1.82, 2.24) is 14.5 Å². The summed E-state index contributed by atoms with van der Waals surface area (Å²) in [5.74, 6) is 1.03. The van der Waals surface area contributed by atoms with Gasteiger partial charge in [0.25, 0.3) is 11.5 Å². The molecule has 4 rings (SSSR count). The standard InChI is InChI=1S/C31H34ClN3O3/c1-3-5-6-12-21-34(29(36)22-38-25-13-8-7-9-14-25)28(4-2)30-33-27-16-11-10-15-26(27)31(37)35(30)24-19-17-23(32)18-20-24/h7-11,13-20,28H,3-6,12,21-22H2,1-2H3. The maximum Gasteiger partial charge on any atom is 0.266 e.